The molecule has 4 nitrogen and oxygen atoms in total. The number of rotatable bonds is 2. The molecule has 0 radical (unpaired) electrons. The maximum Gasteiger partial charge on any atom is 0.146 e. The summed E-state index contributed by atoms with van der Waals surface area (Å²) in [7, 11) is 0. The minimum atomic E-state index is 0.600. The number of hydrogen-bond acceptors (Lipinski definition) is 5. The Morgan fingerprint density at radius 2 is 1.96 bits per heavy atom. The fourth-order valence-electron chi connectivity index (χ4n) is 3.64. The van der Waals surface area contributed by atoms with Crippen molar-refractivity contribution in [3.8, 4) is 0 Å². The van der Waals surface area contributed by atoms with E-state index in [-0.39, 0.29) is 0 Å². The molecule has 0 amide bonds. The Bertz CT molecular complexity index is 891. The Hall–Kier alpha value is -1.75. The van der Waals surface area contributed by atoms with E-state index in [9.17, 15) is 0 Å². The molecule has 3 aromatic heterocycles. The van der Waals surface area contributed by atoms with Gasteiger partial charge >= 0.3 is 0 Å². The molecule has 1 aliphatic carbocycles. The lowest BCUT2D eigenvalue weighted by Crippen LogP contribution is -2.30. The summed E-state index contributed by atoms with van der Waals surface area (Å²) in [4.78, 5) is 18.0. The number of hydrogen-bond donors (Lipinski definition) is 0. The second kappa shape index (κ2) is 5.13. The van der Waals surface area contributed by atoms with E-state index in [1.165, 1.54) is 47.6 Å². The van der Waals surface area contributed by atoms with Gasteiger partial charge in [-0.2, -0.15) is 0 Å². The van der Waals surface area contributed by atoms with Crippen LogP contribution < -0.4 is 4.90 Å². The highest BCUT2D eigenvalue weighted by Crippen LogP contribution is 2.42. The lowest BCUT2D eigenvalue weighted by molar-refractivity contribution is 0.575. The number of fused-ring (bicyclic) bond motifs is 3. The molecule has 2 aliphatic rings. The van der Waals surface area contributed by atoms with Gasteiger partial charge in [-0.15, -0.1) is 11.3 Å². The second-order valence-electron chi connectivity index (χ2n) is 6.78. The van der Waals surface area contributed by atoms with Gasteiger partial charge in [0.1, 0.15) is 16.5 Å². The Morgan fingerprint density at radius 3 is 2.74 bits per heavy atom. The smallest absolute Gasteiger partial charge is 0.146 e. The molecule has 3 aromatic rings. The lowest BCUT2D eigenvalue weighted by Gasteiger charge is -2.27. The van der Waals surface area contributed by atoms with Crippen molar-refractivity contribution in [2.45, 2.75) is 44.9 Å². The summed E-state index contributed by atoms with van der Waals surface area (Å²) in [6.45, 7) is 4.37. The van der Waals surface area contributed by atoms with Gasteiger partial charge in [0.2, 0.25) is 0 Å². The predicted molar refractivity (Wildman–Crippen MR) is 95.5 cm³/mol. The van der Waals surface area contributed by atoms with Crippen LogP contribution in [-0.4, -0.2) is 28.0 Å². The molecule has 0 N–H and O–H groups in total. The molecule has 0 spiro atoms. The predicted octanol–water partition coefficient (Wildman–Crippen LogP) is 4.42. The van der Waals surface area contributed by atoms with Crippen LogP contribution in [0.25, 0.3) is 20.3 Å². The summed E-state index contributed by atoms with van der Waals surface area (Å²) in [5.41, 5.74) is 1.12. The molecule has 4 heterocycles. The maximum atomic E-state index is 4.88. The standard InChI is InChI=1S/C18H20N4S/c1-11-14-13-7-8-19-17(22-9-3-2-4-10-22)15(13)23-18(14)21-16(20-11)12-5-6-12/h7-8,12H,2-6,9-10H2,1H3. The van der Waals surface area contributed by atoms with E-state index in [0.29, 0.717) is 5.92 Å². The van der Waals surface area contributed by atoms with E-state index in [4.69, 9.17) is 15.0 Å². The highest BCUT2D eigenvalue weighted by Gasteiger charge is 2.28. The van der Waals surface area contributed by atoms with Crippen LogP contribution in [0.5, 0.6) is 0 Å². The first-order valence-corrected chi connectivity index (χ1v) is 9.43. The summed E-state index contributed by atoms with van der Waals surface area (Å²) in [5.74, 6) is 2.80. The van der Waals surface area contributed by atoms with Gasteiger partial charge in [0.05, 0.1) is 10.4 Å². The number of thiophene rings is 1. The Morgan fingerprint density at radius 1 is 1.13 bits per heavy atom. The normalized spacial score (nSPS) is 18.9. The third kappa shape index (κ3) is 2.21. The third-order valence-corrected chi connectivity index (χ3v) is 6.12. The molecule has 118 valence electrons. The van der Waals surface area contributed by atoms with Crippen molar-refractivity contribution >= 4 is 37.5 Å². The molecule has 5 heteroatoms. The molecule has 1 aliphatic heterocycles. The van der Waals surface area contributed by atoms with Crippen LogP contribution in [0.15, 0.2) is 12.3 Å². The maximum absolute atomic E-state index is 4.88. The average molecular weight is 324 g/mol. The van der Waals surface area contributed by atoms with E-state index in [1.54, 1.807) is 11.3 Å². The first-order chi connectivity index (χ1) is 11.3. The minimum absolute atomic E-state index is 0.600. The topological polar surface area (TPSA) is 41.9 Å². The monoisotopic (exact) mass is 324 g/mol. The summed E-state index contributed by atoms with van der Waals surface area (Å²) in [5, 5.41) is 2.51. The third-order valence-electron chi connectivity index (χ3n) is 5.03. The molecular formula is C18H20N4S. The van der Waals surface area contributed by atoms with Crippen molar-refractivity contribution in [1.29, 1.82) is 0 Å². The summed E-state index contributed by atoms with van der Waals surface area (Å²) >= 11 is 1.80. The SMILES string of the molecule is Cc1nc(C2CC2)nc2sc3c(N4CCCCC4)nccc3c12. The van der Waals surface area contributed by atoms with E-state index >= 15 is 0 Å². The fourth-order valence-corrected chi connectivity index (χ4v) is 4.88. The molecule has 0 atom stereocenters. The summed E-state index contributed by atoms with van der Waals surface area (Å²) in [6, 6.07) is 2.13. The average Bonchev–Trinajstić information content (AvgIpc) is 3.35. The van der Waals surface area contributed by atoms with Crippen molar-refractivity contribution in [2.75, 3.05) is 18.0 Å². The van der Waals surface area contributed by atoms with Crippen LogP contribution in [0.3, 0.4) is 0 Å². The summed E-state index contributed by atoms with van der Waals surface area (Å²) in [6.07, 6.45) is 8.33. The van der Waals surface area contributed by atoms with Gasteiger partial charge in [-0.3, -0.25) is 0 Å². The van der Waals surface area contributed by atoms with Crippen molar-refractivity contribution in [1.82, 2.24) is 15.0 Å². The van der Waals surface area contributed by atoms with Gasteiger partial charge in [-0.1, -0.05) is 0 Å². The van der Waals surface area contributed by atoms with Crippen molar-refractivity contribution in [3.63, 3.8) is 0 Å². The Balaban J connectivity index is 1.73. The highest BCUT2D eigenvalue weighted by atomic mass is 32.1. The van der Waals surface area contributed by atoms with Crippen LogP contribution in [0.1, 0.15) is 49.5 Å². The molecule has 1 saturated heterocycles. The lowest BCUT2D eigenvalue weighted by atomic mass is 10.1. The van der Waals surface area contributed by atoms with Crippen LogP contribution in [0.2, 0.25) is 0 Å². The molecule has 5 rings (SSSR count). The zero-order chi connectivity index (χ0) is 15.4. The largest absolute Gasteiger partial charge is 0.355 e. The van der Waals surface area contributed by atoms with Crippen LogP contribution in [0.4, 0.5) is 5.82 Å². The van der Waals surface area contributed by atoms with E-state index < -0.39 is 0 Å². The Kier molecular flexibility index (Phi) is 3.05. The van der Waals surface area contributed by atoms with E-state index in [0.717, 1.165) is 35.3 Å². The Labute approximate surface area is 139 Å². The molecular weight excluding hydrogens is 304 g/mol. The van der Waals surface area contributed by atoms with Gasteiger partial charge in [-0.05, 0) is 45.1 Å². The van der Waals surface area contributed by atoms with Crippen molar-refractivity contribution in [2.24, 2.45) is 0 Å². The van der Waals surface area contributed by atoms with Crippen LogP contribution >= 0.6 is 11.3 Å². The number of anilines is 1. The van der Waals surface area contributed by atoms with Crippen LogP contribution in [-0.2, 0) is 0 Å². The number of aryl methyl sites for hydroxylation is 1. The van der Waals surface area contributed by atoms with Crippen molar-refractivity contribution < 1.29 is 0 Å². The zero-order valence-corrected chi connectivity index (χ0v) is 14.2. The second-order valence-corrected chi connectivity index (χ2v) is 7.78. The number of nitrogens with zero attached hydrogens (tertiary/aromatic N) is 4. The quantitative estimate of drug-likeness (QED) is 0.700. The number of aromatic nitrogens is 3. The molecule has 23 heavy (non-hydrogen) atoms. The van der Waals surface area contributed by atoms with Crippen LogP contribution in [0, 0.1) is 6.92 Å². The summed E-state index contributed by atoms with van der Waals surface area (Å²) < 4.78 is 1.29. The molecule has 1 saturated carbocycles. The zero-order valence-electron chi connectivity index (χ0n) is 13.4. The molecule has 2 fully saturated rings. The number of piperidine rings is 1. The minimum Gasteiger partial charge on any atom is -0.355 e. The molecule has 0 aromatic carbocycles. The molecule has 0 bridgehead atoms. The van der Waals surface area contributed by atoms with Crippen molar-refractivity contribution in [3.05, 3.63) is 23.8 Å². The van der Waals surface area contributed by atoms with Gasteiger partial charge in [0.25, 0.3) is 0 Å². The molecule has 0 unspecified atom stereocenters. The first-order valence-electron chi connectivity index (χ1n) is 8.62. The fraction of sp³-hybridized carbons (Fsp3) is 0.500. The van der Waals surface area contributed by atoms with Gasteiger partial charge in [0, 0.05) is 36.0 Å². The highest BCUT2D eigenvalue weighted by molar-refractivity contribution is 7.26. The number of pyridine rings is 1. The van der Waals surface area contributed by atoms with E-state index in [1.807, 2.05) is 6.20 Å². The first kappa shape index (κ1) is 13.7. The van der Waals surface area contributed by atoms with E-state index in [2.05, 4.69) is 17.9 Å². The van der Waals surface area contributed by atoms with Gasteiger partial charge in [-0.25, -0.2) is 15.0 Å². The van der Waals surface area contributed by atoms with Gasteiger partial charge in [0.15, 0.2) is 0 Å². The van der Waals surface area contributed by atoms with Gasteiger partial charge < -0.3 is 4.90 Å².